The average Bonchev–Trinajstić information content (AvgIpc) is 2.41. The van der Waals surface area contributed by atoms with Crippen LogP contribution in [-0.4, -0.2) is 29.1 Å². The first-order valence-electron chi connectivity index (χ1n) is 6.24. The molecule has 0 radical (unpaired) electrons. The molecule has 1 N–H and O–H groups in total. The van der Waals surface area contributed by atoms with Gasteiger partial charge in [0.2, 0.25) is 0 Å². The minimum Gasteiger partial charge on any atom is -0.481 e. The lowest BCUT2D eigenvalue weighted by Crippen LogP contribution is -2.35. The van der Waals surface area contributed by atoms with Gasteiger partial charge in [0.05, 0.1) is 16.5 Å². The van der Waals surface area contributed by atoms with Gasteiger partial charge >= 0.3 is 5.97 Å². The molecule has 5 heteroatoms. The predicted octanol–water partition coefficient (Wildman–Crippen LogP) is 2.51. The molecule has 0 amide bonds. The number of hydrogen-bond donors (Lipinski definition) is 1. The molecule has 1 heterocycles. The Kier molecular flexibility index (Phi) is 4.41. The van der Waals surface area contributed by atoms with Crippen molar-refractivity contribution in [3.8, 4) is 6.07 Å². The Hall–Kier alpha value is -1.57. The summed E-state index contributed by atoms with van der Waals surface area (Å²) in [6, 6.07) is 7.51. The zero-order chi connectivity index (χ0) is 13.8. The van der Waals surface area contributed by atoms with E-state index in [1.54, 1.807) is 12.1 Å². The number of carboxylic acid groups (broad SMARTS) is 1. The molecule has 0 aliphatic carbocycles. The third kappa shape index (κ3) is 3.46. The molecule has 0 atom stereocenters. The molecule has 1 aromatic rings. The second-order valence-corrected chi connectivity index (χ2v) is 5.22. The van der Waals surface area contributed by atoms with Crippen LogP contribution in [0, 0.1) is 17.2 Å². The summed E-state index contributed by atoms with van der Waals surface area (Å²) in [5, 5.41) is 18.3. The molecule has 4 nitrogen and oxygen atoms in total. The molecule has 100 valence electrons. The number of halogens is 1. The van der Waals surface area contributed by atoms with E-state index < -0.39 is 5.97 Å². The first-order chi connectivity index (χ1) is 9.10. The van der Waals surface area contributed by atoms with Crippen LogP contribution in [0.25, 0.3) is 0 Å². The van der Waals surface area contributed by atoms with E-state index in [1.807, 2.05) is 6.07 Å². The Labute approximate surface area is 117 Å². The van der Waals surface area contributed by atoms with Crippen molar-refractivity contribution >= 4 is 17.6 Å². The van der Waals surface area contributed by atoms with Crippen LogP contribution in [-0.2, 0) is 11.3 Å². The fourth-order valence-corrected chi connectivity index (χ4v) is 2.51. The summed E-state index contributed by atoms with van der Waals surface area (Å²) in [5.74, 6) is -0.908. The van der Waals surface area contributed by atoms with E-state index in [9.17, 15) is 4.79 Å². The number of nitrogens with zero attached hydrogens (tertiary/aromatic N) is 2. The van der Waals surface area contributed by atoms with Crippen LogP contribution in [0.2, 0.25) is 5.02 Å². The zero-order valence-corrected chi connectivity index (χ0v) is 11.2. The number of nitriles is 1. The highest BCUT2D eigenvalue weighted by Crippen LogP contribution is 2.21. The second-order valence-electron chi connectivity index (χ2n) is 4.81. The van der Waals surface area contributed by atoms with Crippen LogP contribution in [0.15, 0.2) is 18.2 Å². The summed E-state index contributed by atoms with van der Waals surface area (Å²) in [7, 11) is 0. The minimum absolute atomic E-state index is 0.212. The zero-order valence-electron chi connectivity index (χ0n) is 10.5. The van der Waals surface area contributed by atoms with Crippen molar-refractivity contribution < 1.29 is 9.90 Å². The number of likely N-dealkylation sites (tertiary alicyclic amines) is 1. The summed E-state index contributed by atoms with van der Waals surface area (Å²) in [6.07, 6.45) is 1.38. The largest absolute Gasteiger partial charge is 0.481 e. The molecular weight excluding hydrogens is 264 g/mol. The highest BCUT2D eigenvalue weighted by molar-refractivity contribution is 6.31. The Morgan fingerprint density at radius 1 is 1.47 bits per heavy atom. The van der Waals surface area contributed by atoms with Gasteiger partial charge in [-0.3, -0.25) is 9.69 Å². The number of carboxylic acids is 1. The number of carbonyl (C=O) groups is 1. The highest BCUT2D eigenvalue weighted by atomic mass is 35.5. The molecule has 19 heavy (non-hydrogen) atoms. The minimum atomic E-state index is -0.696. The van der Waals surface area contributed by atoms with E-state index in [2.05, 4.69) is 11.0 Å². The lowest BCUT2D eigenvalue weighted by molar-refractivity contribution is -0.143. The summed E-state index contributed by atoms with van der Waals surface area (Å²) >= 11 is 5.89. The van der Waals surface area contributed by atoms with Gasteiger partial charge < -0.3 is 5.11 Å². The number of hydrogen-bond acceptors (Lipinski definition) is 3. The van der Waals surface area contributed by atoms with Gasteiger partial charge in [-0.1, -0.05) is 17.7 Å². The van der Waals surface area contributed by atoms with Crippen molar-refractivity contribution in [2.45, 2.75) is 19.4 Å². The molecule has 0 bridgehead atoms. The SMILES string of the molecule is N#Cc1cc(CN2CCC(C(=O)O)CC2)ccc1Cl. The summed E-state index contributed by atoms with van der Waals surface area (Å²) in [6.45, 7) is 2.29. The standard InChI is InChI=1S/C14H15ClN2O2/c15-13-2-1-10(7-12(13)8-16)9-17-5-3-11(4-6-17)14(18)19/h1-2,7,11H,3-6,9H2,(H,18,19). The van der Waals surface area contributed by atoms with Crippen molar-refractivity contribution in [3.05, 3.63) is 34.3 Å². The first-order valence-corrected chi connectivity index (χ1v) is 6.61. The van der Waals surface area contributed by atoms with Crippen LogP contribution in [0.3, 0.4) is 0 Å². The van der Waals surface area contributed by atoms with Gasteiger partial charge in [0.25, 0.3) is 0 Å². The number of rotatable bonds is 3. The molecule has 2 rings (SSSR count). The Morgan fingerprint density at radius 2 is 2.16 bits per heavy atom. The van der Waals surface area contributed by atoms with E-state index in [4.69, 9.17) is 22.0 Å². The normalized spacial score (nSPS) is 17.1. The third-order valence-corrected chi connectivity index (χ3v) is 3.82. The van der Waals surface area contributed by atoms with E-state index in [0.717, 1.165) is 25.2 Å². The van der Waals surface area contributed by atoms with Gasteiger partial charge in [0.15, 0.2) is 0 Å². The van der Waals surface area contributed by atoms with Crippen molar-refractivity contribution in [3.63, 3.8) is 0 Å². The average molecular weight is 279 g/mol. The van der Waals surface area contributed by atoms with E-state index in [1.165, 1.54) is 0 Å². The predicted molar refractivity (Wildman–Crippen MR) is 71.8 cm³/mol. The molecule has 1 aliphatic rings. The maximum atomic E-state index is 10.9. The monoisotopic (exact) mass is 278 g/mol. The van der Waals surface area contributed by atoms with Crippen molar-refractivity contribution in [2.75, 3.05) is 13.1 Å². The van der Waals surface area contributed by atoms with Crippen molar-refractivity contribution in [1.82, 2.24) is 4.90 Å². The van der Waals surface area contributed by atoms with Crippen LogP contribution in [0.1, 0.15) is 24.0 Å². The van der Waals surface area contributed by atoms with Gasteiger partial charge in [-0.15, -0.1) is 0 Å². The Balaban J connectivity index is 1.96. The third-order valence-electron chi connectivity index (χ3n) is 3.49. The molecule has 1 saturated heterocycles. The topological polar surface area (TPSA) is 64.3 Å². The maximum Gasteiger partial charge on any atom is 0.306 e. The molecule has 0 aromatic heterocycles. The van der Waals surface area contributed by atoms with Crippen LogP contribution in [0.4, 0.5) is 0 Å². The molecule has 0 unspecified atom stereocenters. The van der Waals surface area contributed by atoms with Gasteiger partial charge in [-0.05, 0) is 43.6 Å². The van der Waals surface area contributed by atoms with Crippen LogP contribution in [0.5, 0.6) is 0 Å². The maximum absolute atomic E-state index is 10.9. The first kappa shape index (κ1) is 13.9. The molecule has 1 aliphatic heterocycles. The highest BCUT2D eigenvalue weighted by Gasteiger charge is 2.24. The molecule has 1 fully saturated rings. The summed E-state index contributed by atoms with van der Waals surface area (Å²) in [4.78, 5) is 13.1. The van der Waals surface area contributed by atoms with E-state index in [0.29, 0.717) is 23.4 Å². The molecule has 1 aromatic carbocycles. The Bertz CT molecular complexity index is 517. The Morgan fingerprint density at radius 3 is 2.74 bits per heavy atom. The van der Waals surface area contributed by atoms with Crippen molar-refractivity contribution in [1.29, 1.82) is 5.26 Å². The fraction of sp³-hybridized carbons (Fsp3) is 0.429. The summed E-state index contributed by atoms with van der Waals surface area (Å²) in [5.41, 5.74) is 1.52. The van der Waals surface area contributed by atoms with E-state index >= 15 is 0 Å². The lowest BCUT2D eigenvalue weighted by atomic mass is 9.97. The van der Waals surface area contributed by atoms with Crippen LogP contribution >= 0.6 is 11.6 Å². The van der Waals surface area contributed by atoms with Gasteiger partial charge in [0, 0.05) is 6.54 Å². The van der Waals surface area contributed by atoms with Crippen LogP contribution < -0.4 is 0 Å². The molecule has 0 saturated carbocycles. The fourth-order valence-electron chi connectivity index (χ4n) is 2.35. The number of aliphatic carboxylic acids is 1. The van der Waals surface area contributed by atoms with Gasteiger partial charge in [-0.25, -0.2) is 0 Å². The van der Waals surface area contributed by atoms with Gasteiger partial charge in [0.1, 0.15) is 6.07 Å². The van der Waals surface area contributed by atoms with Crippen molar-refractivity contribution in [2.24, 2.45) is 5.92 Å². The second kappa shape index (κ2) is 6.05. The summed E-state index contributed by atoms with van der Waals surface area (Å²) < 4.78 is 0. The lowest BCUT2D eigenvalue weighted by Gasteiger charge is -2.30. The quantitative estimate of drug-likeness (QED) is 0.923. The van der Waals surface area contributed by atoms with Gasteiger partial charge in [-0.2, -0.15) is 5.26 Å². The number of piperidine rings is 1. The molecular formula is C14H15ClN2O2. The molecule has 0 spiro atoms. The van der Waals surface area contributed by atoms with E-state index in [-0.39, 0.29) is 5.92 Å². The number of benzene rings is 1. The smallest absolute Gasteiger partial charge is 0.306 e.